The Morgan fingerprint density at radius 2 is 2.00 bits per heavy atom. The Hall–Kier alpha value is -1.66. The van der Waals surface area contributed by atoms with Crippen molar-refractivity contribution in [1.82, 2.24) is 10.3 Å². The number of rotatable bonds is 6. The summed E-state index contributed by atoms with van der Waals surface area (Å²) in [6.45, 7) is 4.38. The third-order valence-electron chi connectivity index (χ3n) is 2.79. The zero-order valence-electron chi connectivity index (χ0n) is 11.6. The number of hydrogen-bond acceptors (Lipinski definition) is 4. The number of hydrogen-bond donors (Lipinski definition) is 2. The van der Waals surface area contributed by atoms with Gasteiger partial charge >= 0.3 is 0 Å². The van der Waals surface area contributed by atoms with E-state index in [-0.39, 0.29) is 11.8 Å². The van der Waals surface area contributed by atoms with Gasteiger partial charge < -0.3 is 5.32 Å². The van der Waals surface area contributed by atoms with Crippen LogP contribution in [-0.4, -0.2) is 31.7 Å². The zero-order valence-corrected chi connectivity index (χ0v) is 12.4. The molecule has 0 spiro atoms. The molecule has 0 fully saturated rings. The predicted octanol–water partition coefficient (Wildman–Crippen LogP) is 1.97. The molecule has 0 amide bonds. The van der Waals surface area contributed by atoms with Crippen molar-refractivity contribution in [2.45, 2.75) is 19.9 Å². The van der Waals surface area contributed by atoms with Crippen LogP contribution in [0.4, 0.5) is 5.69 Å². The summed E-state index contributed by atoms with van der Waals surface area (Å²) in [6, 6.07) is 9.65. The third-order valence-corrected chi connectivity index (χ3v) is 4.08. The van der Waals surface area contributed by atoms with Gasteiger partial charge in [0, 0.05) is 18.0 Å². The fraction of sp³-hybridized carbons (Fsp3) is 0.357. The Bertz CT molecular complexity index is 684. The fourth-order valence-electron chi connectivity index (χ4n) is 1.84. The van der Waals surface area contributed by atoms with E-state index in [4.69, 9.17) is 0 Å². The first-order chi connectivity index (χ1) is 9.46. The molecule has 2 aromatic rings. The van der Waals surface area contributed by atoms with Crippen LogP contribution in [0.3, 0.4) is 0 Å². The molecule has 1 heterocycles. The second kappa shape index (κ2) is 6.19. The summed E-state index contributed by atoms with van der Waals surface area (Å²) in [7, 11) is -3.35. The normalized spacial score (nSPS) is 11.9. The molecule has 0 aliphatic heterocycles. The minimum Gasteiger partial charge on any atom is -0.313 e. The lowest BCUT2D eigenvalue weighted by Crippen LogP contribution is -2.30. The molecule has 108 valence electrons. The number of benzene rings is 1. The molecule has 0 aliphatic carbocycles. The van der Waals surface area contributed by atoms with Crippen LogP contribution in [0.15, 0.2) is 36.5 Å². The zero-order chi connectivity index (χ0) is 14.6. The number of para-hydroxylation sites is 1. The smallest absolute Gasteiger partial charge is 0.234 e. The molecule has 20 heavy (non-hydrogen) atoms. The first-order valence-corrected chi connectivity index (χ1v) is 8.20. The lowest BCUT2D eigenvalue weighted by molar-refractivity contribution is 0.582. The van der Waals surface area contributed by atoms with Crippen molar-refractivity contribution < 1.29 is 8.42 Å². The number of nitrogens with zero attached hydrogens (tertiary/aromatic N) is 1. The van der Waals surface area contributed by atoms with E-state index in [1.54, 1.807) is 6.07 Å². The van der Waals surface area contributed by atoms with Crippen LogP contribution in [0.25, 0.3) is 10.9 Å². The van der Waals surface area contributed by atoms with Crippen LogP contribution >= 0.6 is 0 Å². The topological polar surface area (TPSA) is 71.1 Å². The van der Waals surface area contributed by atoms with Crippen molar-refractivity contribution in [2.24, 2.45) is 0 Å². The molecule has 0 unspecified atom stereocenters. The van der Waals surface area contributed by atoms with E-state index < -0.39 is 10.0 Å². The van der Waals surface area contributed by atoms with Gasteiger partial charge in [0.05, 0.1) is 23.2 Å². The van der Waals surface area contributed by atoms with Gasteiger partial charge in [0.1, 0.15) is 0 Å². The quantitative estimate of drug-likeness (QED) is 0.854. The molecule has 0 radical (unpaired) electrons. The van der Waals surface area contributed by atoms with E-state index >= 15 is 0 Å². The van der Waals surface area contributed by atoms with Gasteiger partial charge in [-0.25, -0.2) is 8.42 Å². The van der Waals surface area contributed by atoms with Crippen molar-refractivity contribution in [3.8, 4) is 0 Å². The first-order valence-electron chi connectivity index (χ1n) is 6.55. The van der Waals surface area contributed by atoms with Crippen molar-refractivity contribution in [2.75, 3.05) is 17.0 Å². The number of nitrogens with one attached hydrogen (secondary N) is 2. The highest BCUT2D eigenvalue weighted by atomic mass is 32.2. The molecular weight excluding hydrogens is 274 g/mol. The minimum atomic E-state index is -3.35. The van der Waals surface area contributed by atoms with Gasteiger partial charge in [-0.1, -0.05) is 32.0 Å². The molecule has 0 saturated carbocycles. The maximum absolute atomic E-state index is 11.9. The summed E-state index contributed by atoms with van der Waals surface area (Å²) in [5.74, 6) is 0.0397. The van der Waals surface area contributed by atoms with Gasteiger partial charge in [-0.15, -0.1) is 0 Å². The third kappa shape index (κ3) is 4.18. The maximum atomic E-state index is 11.9. The molecule has 0 aliphatic rings. The monoisotopic (exact) mass is 293 g/mol. The summed E-state index contributed by atoms with van der Waals surface area (Å²) in [5, 5.41) is 3.99. The summed E-state index contributed by atoms with van der Waals surface area (Å²) in [4.78, 5) is 4.23. The second-order valence-electron chi connectivity index (χ2n) is 4.95. The Morgan fingerprint density at radius 1 is 1.25 bits per heavy atom. The highest BCUT2D eigenvalue weighted by Crippen LogP contribution is 2.16. The lowest BCUT2D eigenvalue weighted by Gasteiger charge is -2.10. The SMILES string of the molecule is CC(C)NCCS(=O)(=O)Nc1cnc2ccccc2c1. The molecule has 2 rings (SSSR count). The molecule has 6 heteroatoms. The average molecular weight is 293 g/mol. The van der Waals surface area contributed by atoms with Gasteiger partial charge in [0.2, 0.25) is 10.0 Å². The van der Waals surface area contributed by atoms with Crippen LogP contribution in [-0.2, 0) is 10.0 Å². The summed E-state index contributed by atoms with van der Waals surface area (Å²) >= 11 is 0. The minimum absolute atomic E-state index is 0.0397. The van der Waals surface area contributed by atoms with E-state index in [1.165, 1.54) is 6.20 Å². The highest BCUT2D eigenvalue weighted by molar-refractivity contribution is 7.92. The lowest BCUT2D eigenvalue weighted by atomic mass is 10.2. The average Bonchev–Trinajstić information content (AvgIpc) is 2.37. The Labute approximate surface area is 119 Å². The Morgan fingerprint density at radius 3 is 2.75 bits per heavy atom. The summed E-state index contributed by atoms with van der Waals surface area (Å²) < 4.78 is 26.4. The van der Waals surface area contributed by atoms with Gasteiger partial charge in [-0.05, 0) is 12.1 Å². The second-order valence-corrected chi connectivity index (χ2v) is 6.79. The number of fused-ring (bicyclic) bond motifs is 1. The Balaban J connectivity index is 2.07. The fourth-order valence-corrected chi connectivity index (χ4v) is 2.80. The largest absolute Gasteiger partial charge is 0.313 e. The van der Waals surface area contributed by atoms with Gasteiger partial charge in [-0.3, -0.25) is 9.71 Å². The number of aromatic nitrogens is 1. The van der Waals surface area contributed by atoms with Crippen LogP contribution < -0.4 is 10.0 Å². The van der Waals surface area contributed by atoms with E-state index in [2.05, 4.69) is 15.0 Å². The van der Waals surface area contributed by atoms with Gasteiger partial charge in [0.25, 0.3) is 0 Å². The Kier molecular flexibility index (Phi) is 4.57. The van der Waals surface area contributed by atoms with Crippen LogP contribution in [0.2, 0.25) is 0 Å². The van der Waals surface area contributed by atoms with Gasteiger partial charge in [0.15, 0.2) is 0 Å². The highest BCUT2D eigenvalue weighted by Gasteiger charge is 2.11. The molecule has 1 aromatic carbocycles. The van der Waals surface area contributed by atoms with E-state index in [0.29, 0.717) is 12.2 Å². The molecule has 0 bridgehead atoms. The first kappa shape index (κ1) is 14.7. The maximum Gasteiger partial charge on any atom is 0.234 e. The van der Waals surface area contributed by atoms with Crippen LogP contribution in [0.5, 0.6) is 0 Å². The standard InChI is InChI=1S/C14H19N3O2S/c1-11(2)15-7-8-20(18,19)17-13-9-12-5-3-4-6-14(12)16-10-13/h3-6,9-11,15,17H,7-8H2,1-2H3. The van der Waals surface area contributed by atoms with Crippen LogP contribution in [0.1, 0.15) is 13.8 Å². The van der Waals surface area contributed by atoms with Crippen molar-refractivity contribution in [3.63, 3.8) is 0 Å². The van der Waals surface area contributed by atoms with E-state index in [1.807, 2.05) is 38.1 Å². The summed E-state index contributed by atoms with van der Waals surface area (Å²) in [5.41, 5.74) is 1.34. The molecule has 2 N–H and O–H groups in total. The van der Waals surface area contributed by atoms with E-state index in [0.717, 1.165) is 10.9 Å². The molecule has 1 aromatic heterocycles. The molecule has 5 nitrogen and oxygen atoms in total. The number of sulfonamides is 1. The van der Waals surface area contributed by atoms with E-state index in [9.17, 15) is 8.42 Å². The molecular formula is C14H19N3O2S. The van der Waals surface area contributed by atoms with Crippen molar-refractivity contribution in [3.05, 3.63) is 36.5 Å². The molecule has 0 atom stereocenters. The van der Waals surface area contributed by atoms with Crippen molar-refractivity contribution in [1.29, 1.82) is 0 Å². The van der Waals surface area contributed by atoms with Crippen molar-refractivity contribution >= 4 is 26.6 Å². The summed E-state index contributed by atoms with van der Waals surface area (Å²) in [6.07, 6.45) is 1.54. The predicted molar refractivity (Wildman–Crippen MR) is 82.3 cm³/mol. The van der Waals surface area contributed by atoms with Gasteiger partial charge in [-0.2, -0.15) is 0 Å². The number of pyridine rings is 1. The number of anilines is 1. The molecule has 0 saturated heterocycles. The van der Waals surface area contributed by atoms with Crippen LogP contribution in [0, 0.1) is 0 Å².